The average molecular weight is 369 g/mol. The SMILES string of the molecule is CNc1n[nH]c(Nc2cc(F)c(-c3cccc(F)c3)c(C(F)(F)F)c2)n1. The number of H-pyrrole nitrogens is 1. The zero-order chi connectivity index (χ0) is 18.9. The Labute approximate surface area is 144 Å². The lowest BCUT2D eigenvalue weighted by atomic mass is 9.97. The molecular formula is C16H12F5N5. The summed E-state index contributed by atoms with van der Waals surface area (Å²) in [4.78, 5) is 3.90. The number of anilines is 3. The van der Waals surface area contributed by atoms with Gasteiger partial charge in [0.25, 0.3) is 0 Å². The minimum atomic E-state index is -4.85. The normalized spacial score (nSPS) is 11.5. The molecule has 136 valence electrons. The Morgan fingerprint density at radius 3 is 2.46 bits per heavy atom. The van der Waals surface area contributed by atoms with Gasteiger partial charge in [0.2, 0.25) is 11.9 Å². The molecule has 0 radical (unpaired) electrons. The van der Waals surface area contributed by atoms with Crippen LogP contribution in [0.4, 0.5) is 39.5 Å². The van der Waals surface area contributed by atoms with Crippen LogP contribution in [0.2, 0.25) is 0 Å². The molecule has 0 fully saturated rings. The van der Waals surface area contributed by atoms with Crippen molar-refractivity contribution in [2.45, 2.75) is 6.18 Å². The molecule has 3 N–H and O–H groups in total. The van der Waals surface area contributed by atoms with Crippen molar-refractivity contribution in [1.82, 2.24) is 15.2 Å². The van der Waals surface area contributed by atoms with E-state index in [0.717, 1.165) is 24.3 Å². The fraction of sp³-hybridized carbons (Fsp3) is 0.125. The summed E-state index contributed by atoms with van der Waals surface area (Å²) in [6, 6.07) is 5.93. The molecule has 26 heavy (non-hydrogen) atoms. The van der Waals surface area contributed by atoms with Crippen molar-refractivity contribution in [3.05, 3.63) is 53.6 Å². The monoisotopic (exact) mass is 369 g/mol. The summed E-state index contributed by atoms with van der Waals surface area (Å²) < 4.78 is 68.3. The zero-order valence-corrected chi connectivity index (χ0v) is 13.2. The van der Waals surface area contributed by atoms with Gasteiger partial charge in [-0.2, -0.15) is 18.2 Å². The van der Waals surface area contributed by atoms with E-state index in [4.69, 9.17) is 0 Å². The van der Waals surface area contributed by atoms with E-state index >= 15 is 0 Å². The third-order valence-corrected chi connectivity index (χ3v) is 3.48. The minimum absolute atomic E-state index is 0.0281. The summed E-state index contributed by atoms with van der Waals surface area (Å²) in [7, 11) is 1.56. The van der Waals surface area contributed by atoms with Gasteiger partial charge >= 0.3 is 6.18 Å². The number of nitrogens with one attached hydrogen (secondary N) is 3. The number of rotatable bonds is 4. The molecular weight excluding hydrogens is 357 g/mol. The first-order chi connectivity index (χ1) is 12.3. The number of alkyl halides is 3. The van der Waals surface area contributed by atoms with Crippen LogP contribution in [-0.2, 0) is 6.18 Å². The summed E-state index contributed by atoms with van der Waals surface area (Å²) in [6.45, 7) is 0. The first-order valence-electron chi connectivity index (χ1n) is 7.32. The van der Waals surface area contributed by atoms with Crippen LogP contribution in [0.3, 0.4) is 0 Å². The Morgan fingerprint density at radius 1 is 1.08 bits per heavy atom. The fourth-order valence-electron chi connectivity index (χ4n) is 2.41. The second kappa shape index (κ2) is 6.62. The topological polar surface area (TPSA) is 65.6 Å². The van der Waals surface area contributed by atoms with Gasteiger partial charge in [-0.05, 0) is 29.8 Å². The molecule has 3 rings (SSSR count). The van der Waals surface area contributed by atoms with E-state index in [1.807, 2.05) is 0 Å². The fourth-order valence-corrected chi connectivity index (χ4v) is 2.41. The molecule has 2 aromatic carbocycles. The zero-order valence-electron chi connectivity index (χ0n) is 13.2. The Bertz CT molecular complexity index is 935. The van der Waals surface area contributed by atoms with Crippen LogP contribution in [0.15, 0.2) is 36.4 Å². The van der Waals surface area contributed by atoms with Crippen LogP contribution >= 0.6 is 0 Å². The van der Waals surface area contributed by atoms with Gasteiger partial charge in [0.05, 0.1) is 5.56 Å². The lowest BCUT2D eigenvalue weighted by Gasteiger charge is -2.16. The standard InChI is InChI=1S/C16H12F5N5/c1-22-14-24-15(26-25-14)23-10-6-11(16(19,20)21)13(12(18)7-10)8-3-2-4-9(17)5-8/h2-7H,1H3,(H3,22,23,24,25,26). The van der Waals surface area contributed by atoms with Gasteiger partial charge < -0.3 is 10.6 Å². The lowest BCUT2D eigenvalue weighted by molar-refractivity contribution is -0.137. The third-order valence-electron chi connectivity index (χ3n) is 3.48. The molecule has 0 saturated heterocycles. The van der Waals surface area contributed by atoms with Crippen molar-refractivity contribution in [3.63, 3.8) is 0 Å². The Kier molecular flexibility index (Phi) is 4.49. The van der Waals surface area contributed by atoms with Gasteiger partial charge in [0.1, 0.15) is 11.6 Å². The predicted molar refractivity (Wildman–Crippen MR) is 86.0 cm³/mol. The molecule has 0 atom stereocenters. The molecule has 0 spiro atoms. The highest BCUT2D eigenvalue weighted by Crippen LogP contribution is 2.40. The third kappa shape index (κ3) is 3.58. The van der Waals surface area contributed by atoms with E-state index in [-0.39, 0.29) is 23.1 Å². The predicted octanol–water partition coefficient (Wildman–Crippen LogP) is 4.55. The maximum atomic E-state index is 14.5. The van der Waals surface area contributed by atoms with Crippen LogP contribution in [0.1, 0.15) is 5.56 Å². The van der Waals surface area contributed by atoms with Crippen LogP contribution in [0.25, 0.3) is 11.1 Å². The number of aromatic amines is 1. The number of hydrogen-bond acceptors (Lipinski definition) is 4. The molecule has 0 saturated carbocycles. The molecule has 0 bridgehead atoms. The highest BCUT2D eigenvalue weighted by Gasteiger charge is 2.36. The number of nitrogens with zero attached hydrogens (tertiary/aromatic N) is 2. The highest BCUT2D eigenvalue weighted by molar-refractivity contribution is 5.73. The first kappa shape index (κ1) is 17.6. The van der Waals surface area contributed by atoms with Crippen molar-refractivity contribution in [2.24, 2.45) is 0 Å². The molecule has 10 heteroatoms. The maximum Gasteiger partial charge on any atom is 0.417 e. The van der Waals surface area contributed by atoms with Crippen molar-refractivity contribution >= 4 is 17.6 Å². The van der Waals surface area contributed by atoms with E-state index in [1.165, 1.54) is 12.1 Å². The summed E-state index contributed by atoms with van der Waals surface area (Å²) in [5, 5.41) is 11.3. The highest BCUT2D eigenvalue weighted by atomic mass is 19.4. The van der Waals surface area contributed by atoms with E-state index in [0.29, 0.717) is 0 Å². The quantitative estimate of drug-likeness (QED) is 0.590. The summed E-state index contributed by atoms with van der Waals surface area (Å²) in [5.74, 6) is -1.68. The Hall–Kier alpha value is -3.17. The second-order valence-corrected chi connectivity index (χ2v) is 5.27. The molecule has 0 aliphatic carbocycles. The Balaban J connectivity index is 2.09. The minimum Gasteiger partial charge on any atom is -0.356 e. The van der Waals surface area contributed by atoms with Gasteiger partial charge in [-0.1, -0.05) is 12.1 Å². The van der Waals surface area contributed by atoms with E-state index in [2.05, 4.69) is 25.8 Å². The van der Waals surface area contributed by atoms with Gasteiger partial charge in [-0.15, -0.1) is 5.10 Å². The largest absolute Gasteiger partial charge is 0.417 e. The average Bonchev–Trinajstić information content (AvgIpc) is 3.01. The van der Waals surface area contributed by atoms with Gasteiger partial charge in [0, 0.05) is 18.3 Å². The Morgan fingerprint density at radius 2 is 1.85 bits per heavy atom. The molecule has 1 aromatic heterocycles. The number of aromatic nitrogens is 3. The van der Waals surface area contributed by atoms with Crippen molar-refractivity contribution < 1.29 is 22.0 Å². The molecule has 5 nitrogen and oxygen atoms in total. The summed E-state index contributed by atoms with van der Waals surface area (Å²) in [6.07, 6.45) is -4.85. The molecule has 0 aliphatic rings. The van der Waals surface area contributed by atoms with Crippen LogP contribution < -0.4 is 10.6 Å². The van der Waals surface area contributed by atoms with E-state index in [9.17, 15) is 22.0 Å². The van der Waals surface area contributed by atoms with Crippen LogP contribution in [-0.4, -0.2) is 22.2 Å². The number of benzene rings is 2. The van der Waals surface area contributed by atoms with Crippen molar-refractivity contribution in [2.75, 3.05) is 17.7 Å². The summed E-state index contributed by atoms with van der Waals surface area (Å²) >= 11 is 0. The lowest BCUT2D eigenvalue weighted by Crippen LogP contribution is -2.10. The van der Waals surface area contributed by atoms with E-state index < -0.39 is 28.9 Å². The first-order valence-corrected chi connectivity index (χ1v) is 7.32. The number of halogens is 5. The van der Waals surface area contributed by atoms with Crippen LogP contribution in [0, 0.1) is 11.6 Å². The summed E-state index contributed by atoms with van der Waals surface area (Å²) in [5.41, 5.74) is -2.36. The number of hydrogen-bond donors (Lipinski definition) is 3. The van der Waals surface area contributed by atoms with Gasteiger partial charge in [-0.25, -0.2) is 13.9 Å². The smallest absolute Gasteiger partial charge is 0.356 e. The van der Waals surface area contributed by atoms with Gasteiger partial charge in [0.15, 0.2) is 0 Å². The maximum absolute atomic E-state index is 14.5. The van der Waals surface area contributed by atoms with Crippen molar-refractivity contribution in [1.29, 1.82) is 0 Å². The molecule has 3 aromatic rings. The molecule has 0 aliphatic heterocycles. The molecule has 0 amide bonds. The van der Waals surface area contributed by atoms with E-state index in [1.54, 1.807) is 7.05 Å². The van der Waals surface area contributed by atoms with Gasteiger partial charge in [-0.3, -0.25) is 0 Å². The van der Waals surface area contributed by atoms with Crippen molar-refractivity contribution in [3.8, 4) is 11.1 Å². The molecule has 1 heterocycles. The molecule has 0 unspecified atom stereocenters. The second-order valence-electron chi connectivity index (χ2n) is 5.27. The van der Waals surface area contributed by atoms with Crippen LogP contribution in [0.5, 0.6) is 0 Å².